The van der Waals surface area contributed by atoms with Crippen LogP contribution in [0.5, 0.6) is 5.75 Å². The minimum absolute atomic E-state index is 0.101. The summed E-state index contributed by atoms with van der Waals surface area (Å²) >= 11 is 0. The van der Waals surface area contributed by atoms with E-state index in [1.165, 1.54) is 0 Å². The van der Waals surface area contributed by atoms with Crippen molar-refractivity contribution in [2.45, 2.75) is 20.3 Å². The lowest BCUT2D eigenvalue weighted by atomic mass is 10.1. The molecule has 0 unspecified atom stereocenters. The molecule has 2 aromatic carbocycles. The smallest absolute Gasteiger partial charge is 0.228 e. The first-order chi connectivity index (χ1) is 11.6. The monoisotopic (exact) mass is 321 g/mol. The summed E-state index contributed by atoms with van der Waals surface area (Å²) in [5, 5.41) is 2.91. The van der Waals surface area contributed by atoms with E-state index in [1.807, 2.05) is 56.3 Å². The highest BCUT2D eigenvalue weighted by Gasteiger charge is 2.09. The number of rotatable bonds is 4. The van der Waals surface area contributed by atoms with Crippen LogP contribution in [0.1, 0.15) is 17.0 Å². The van der Waals surface area contributed by atoms with Crippen molar-refractivity contribution in [2.75, 3.05) is 12.4 Å². The fourth-order valence-corrected chi connectivity index (χ4v) is 2.54. The van der Waals surface area contributed by atoms with Gasteiger partial charge in [-0.2, -0.15) is 0 Å². The van der Waals surface area contributed by atoms with Crippen molar-refractivity contribution in [3.05, 3.63) is 59.4 Å². The van der Waals surface area contributed by atoms with Gasteiger partial charge >= 0.3 is 0 Å². The summed E-state index contributed by atoms with van der Waals surface area (Å²) in [4.78, 5) is 21.3. The lowest BCUT2D eigenvalue weighted by molar-refractivity contribution is -0.115. The van der Waals surface area contributed by atoms with Gasteiger partial charge in [-0.3, -0.25) is 4.79 Å². The second-order valence-corrected chi connectivity index (χ2v) is 5.63. The van der Waals surface area contributed by atoms with Crippen LogP contribution in [0, 0.1) is 13.8 Å². The van der Waals surface area contributed by atoms with E-state index in [9.17, 15) is 4.79 Å². The Kier molecular flexibility index (Phi) is 4.42. The minimum Gasteiger partial charge on any atom is -0.496 e. The highest BCUT2D eigenvalue weighted by Crippen LogP contribution is 2.20. The van der Waals surface area contributed by atoms with Crippen LogP contribution in [0.3, 0.4) is 0 Å². The Morgan fingerprint density at radius 2 is 1.75 bits per heavy atom. The van der Waals surface area contributed by atoms with Crippen molar-refractivity contribution in [2.24, 2.45) is 0 Å². The SMILES string of the molecule is COc1ccccc1CC(=O)Nc1ccc2nc(C)c(C)nc2c1. The summed E-state index contributed by atoms with van der Waals surface area (Å²) in [5.74, 6) is 0.610. The number of methoxy groups -OCH3 is 1. The third-order valence-corrected chi connectivity index (χ3v) is 3.90. The molecule has 0 spiro atoms. The molecule has 0 radical (unpaired) electrons. The van der Waals surface area contributed by atoms with Gasteiger partial charge in [-0.1, -0.05) is 18.2 Å². The first-order valence-electron chi connectivity index (χ1n) is 7.73. The number of carbonyl (C=O) groups excluding carboxylic acids is 1. The molecule has 122 valence electrons. The number of aryl methyl sites for hydroxylation is 2. The number of para-hydroxylation sites is 1. The summed E-state index contributed by atoms with van der Waals surface area (Å²) in [6.07, 6.45) is 0.251. The van der Waals surface area contributed by atoms with Crippen molar-refractivity contribution >= 4 is 22.6 Å². The van der Waals surface area contributed by atoms with E-state index >= 15 is 0 Å². The largest absolute Gasteiger partial charge is 0.496 e. The average molecular weight is 321 g/mol. The van der Waals surface area contributed by atoms with Crippen LogP contribution >= 0.6 is 0 Å². The molecule has 0 fully saturated rings. The number of benzene rings is 2. The molecule has 0 aliphatic rings. The first-order valence-corrected chi connectivity index (χ1v) is 7.73. The van der Waals surface area contributed by atoms with E-state index in [0.717, 1.165) is 28.0 Å². The Bertz CT molecular complexity index is 906. The summed E-state index contributed by atoms with van der Waals surface area (Å²) < 4.78 is 5.28. The van der Waals surface area contributed by atoms with Crippen molar-refractivity contribution < 1.29 is 9.53 Å². The molecule has 5 heteroatoms. The second kappa shape index (κ2) is 6.66. The van der Waals surface area contributed by atoms with Gasteiger partial charge in [0.15, 0.2) is 0 Å². The molecule has 1 N–H and O–H groups in total. The molecule has 0 atom stereocenters. The number of aromatic nitrogens is 2. The molecule has 0 aliphatic carbocycles. The van der Waals surface area contributed by atoms with E-state index in [0.29, 0.717) is 11.4 Å². The van der Waals surface area contributed by atoms with Crippen LogP contribution in [-0.2, 0) is 11.2 Å². The lowest BCUT2D eigenvalue weighted by Crippen LogP contribution is -2.15. The number of fused-ring (bicyclic) bond motifs is 1. The summed E-state index contributed by atoms with van der Waals surface area (Å²) in [6.45, 7) is 3.86. The first kappa shape index (κ1) is 15.9. The molecule has 1 aromatic heterocycles. The number of carbonyl (C=O) groups is 1. The molecule has 3 aromatic rings. The maximum atomic E-state index is 12.3. The van der Waals surface area contributed by atoms with Crippen LogP contribution in [0.25, 0.3) is 11.0 Å². The van der Waals surface area contributed by atoms with Crippen LogP contribution in [-0.4, -0.2) is 23.0 Å². The highest BCUT2D eigenvalue weighted by atomic mass is 16.5. The molecule has 3 rings (SSSR count). The number of ether oxygens (including phenoxy) is 1. The number of hydrogen-bond acceptors (Lipinski definition) is 4. The van der Waals surface area contributed by atoms with E-state index in [4.69, 9.17) is 4.74 Å². The normalized spacial score (nSPS) is 10.6. The third kappa shape index (κ3) is 3.35. The number of hydrogen-bond donors (Lipinski definition) is 1. The summed E-state index contributed by atoms with van der Waals surface area (Å²) in [7, 11) is 1.60. The van der Waals surface area contributed by atoms with Crippen molar-refractivity contribution in [1.82, 2.24) is 9.97 Å². The van der Waals surface area contributed by atoms with Gasteiger partial charge in [0.05, 0.1) is 36.0 Å². The number of amides is 1. The fourth-order valence-electron chi connectivity index (χ4n) is 2.54. The predicted molar refractivity (Wildman–Crippen MR) is 94.3 cm³/mol. The van der Waals surface area contributed by atoms with E-state index in [1.54, 1.807) is 7.11 Å². The van der Waals surface area contributed by atoms with Gasteiger partial charge in [0, 0.05) is 11.3 Å². The maximum absolute atomic E-state index is 12.3. The Morgan fingerprint density at radius 1 is 1.04 bits per heavy atom. The van der Waals surface area contributed by atoms with Crippen LogP contribution in [0.2, 0.25) is 0 Å². The molecule has 0 bridgehead atoms. The molecule has 0 saturated carbocycles. The highest BCUT2D eigenvalue weighted by molar-refractivity contribution is 5.94. The van der Waals surface area contributed by atoms with Gasteiger partial charge < -0.3 is 10.1 Å². The zero-order valence-electron chi connectivity index (χ0n) is 14.0. The van der Waals surface area contributed by atoms with Gasteiger partial charge in [-0.15, -0.1) is 0 Å². The molecule has 24 heavy (non-hydrogen) atoms. The van der Waals surface area contributed by atoms with E-state index in [-0.39, 0.29) is 12.3 Å². The molecule has 1 amide bonds. The Balaban J connectivity index is 1.79. The molecular formula is C19H19N3O2. The summed E-state index contributed by atoms with van der Waals surface area (Å²) in [5.41, 5.74) is 4.95. The maximum Gasteiger partial charge on any atom is 0.228 e. The number of anilines is 1. The Hall–Kier alpha value is -2.95. The molecule has 5 nitrogen and oxygen atoms in total. The molecule has 0 aliphatic heterocycles. The van der Waals surface area contributed by atoms with E-state index < -0.39 is 0 Å². The van der Waals surface area contributed by atoms with Crippen molar-refractivity contribution in [1.29, 1.82) is 0 Å². The third-order valence-electron chi connectivity index (χ3n) is 3.90. The predicted octanol–water partition coefficient (Wildman–Crippen LogP) is 3.44. The number of nitrogens with one attached hydrogen (secondary N) is 1. The number of nitrogens with zero attached hydrogens (tertiary/aromatic N) is 2. The molecular weight excluding hydrogens is 302 g/mol. The summed E-state index contributed by atoms with van der Waals surface area (Å²) in [6, 6.07) is 13.1. The van der Waals surface area contributed by atoms with Crippen LogP contribution in [0.4, 0.5) is 5.69 Å². The van der Waals surface area contributed by atoms with E-state index in [2.05, 4.69) is 15.3 Å². The van der Waals surface area contributed by atoms with Crippen LogP contribution < -0.4 is 10.1 Å². The van der Waals surface area contributed by atoms with Crippen molar-refractivity contribution in [3.63, 3.8) is 0 Å². The molecule has 1 heterocycles. The topological polar surface area (TPSA) is 64.1 Å². The fraction of sp³-hybridized carbons (Fsp3) is 0.211. The van der Waals surface area contributed by atoms with Gasteiger partial charge in [0.1, 0.15) is 5.75 Å². The molecule has 0 saturated heterocycles. The van der Waals surface area contributed by atoms with Gasteiger partial charge in [-0.05, 0) is 38.1 Å². The Morgan fingerprint density at radius 3 is 2.50 bits per heavy atom. The Labute approximate surface area is 140 Å². The zero-order chi connectivity index (χ0) is 17.1. The minimum atomic E-state index is -0.101. The van der Waals surface area contributed by atoms with Gasteiger partial charge in [0.25, 0.3) is 0 Å². The van der Waals surface area contributed by atoms with Gasteiger partial charge in [0.2, 0.25) is 5.91 Å². The lowest BCUT2D eigenvalue weighted by Gasteiger charge is -2.09. The second-order valence-electron chi connectivity index (χ2n) is 5.63. The zero-order valence-corrected chi connectivity index (χ0v) is 14.0. The van der Waals surface area contributed by atoms with Crippen molar-refractivity contribution in [3.8, 4) is 5.75 Å². The average Bonchev–Trinajstić information content (AvgIpc) is 2.56. The standard InChI is InChI=1S/C19H19N3O2/c1-12-13(2)21-17-11-15(8-9-16(17)20-12)22-19(23)10-14-6-4-5-7-18(14)24-3/h4-9,11H,10H2,1-3H3,(H,22,23). The van der Waals surface area contributed by atoms with Gasteiger partial charge in [-0.25, -0.2) is 9.97 Å². The van der Waals surface area contributed by atoms with Crippen LogP contribution in [0.15, 0.2) is 42.5 Å². The quantitative estimate of drug-likeness (QED) is 0.799.